The largest absolute Gasteiger partial charge is 0.549 e. The molecule has 0 spiro atoms. The van der Waals surface area contributed by atoms with Crippen molar-refractivity contribution in [3.8, 4) is 0 Å². The zero-order valence-electron chi connectivity index (χ0n) is 66.3. The second-order valence-electron chi connectivity index (χ2n) is 35.9. The van der Waals surface area contributed by atoms with E-state index < -0.39 is 72.5 Å². The van der Waals surface area contributed by atoms with Gasteiger partial charge in [-0.15, -0.1) is 0 Å². The second kappa shape index (κ2) is 37.8. The third-order valence-corrected chi connectivity index (χ3v) is 17.0. The van der Waals surface area contributed by atoms with Gasteiger partial charge in [-0.25, -0.2) is 19.4 Å². The molecule has 4 aliphatic heterocycles. The van der Waals surface area contributed by atoms with Crippen LogP contribution in [0.1, 0.15) is 245 Å². The van der Waals surface area contributed by atoms with E-state index in [2.05, 4.69) is 132 Å². The molecule has 30 nitrogen and oxygen atoms in total. The van der Waals surface area contributed by atoms with E-state index in [1.54, 1.807) is 83.1 Å². The van der Waals surface area contributed by atoms with Crippen LogP contribution in [0.25, 0.3) is 0 Å². The lowest BCUT2D eigenvalue weighted by Gasteiger charge is -2.49. The van der Waals surface area contributed by atoms with E-state index in [9.17, 15) is 79.2 Å². The number of piperidine rings is 4. The molecule has 0 aliphatic carbocycles. The lowest BCUT2D eigenvalue weighted by molar-refractivity contribution is -1.17. The zero-order chi connectivity index (χ0) is 78.8. The van der Waals surface area contributed by atoms with Gasteiger partial charge in [-0.3, -0.25) is 29.0 Å². The number of carbonyl (C=O) groups is 8. The average Bonchev–Trinajstić information content (AvgIpc) is 0.795. The van der Waals surface area contributed by atoms with Crippen LogP contribution in [0.4, 0.5) is 0 Å². The van der Waals surface area contributed by atoms with Crippen LogP contribution >= 0.6 is 0 Å². The van der Waals surface area contributed by atoms with Crippen molar-refractivity contribution in [2.24, 2.45) is 0 Å². The molecule has 4 heterocycles. The number of amides is 4. The summed E-state index contributed by atoms with van der Waals surface area (Å²) < 4.78 is 0. The van der Waals surface area contributed by atoms with Crippen molar-refractivity contribution in [1.29, 1.82) is 0 Å². The van der Waals surface area contributed by atoms with Crippen LogP contribution in [0.2, 0.25) is 0 Å². The van der Waals surface area contributed by atoms with Gasteiger partial charge in [0.1, 0.15) is 70.7 Å². The Morgan fingerprint density at radius 3 is 0.560 bits per heavy atom. The number of hydroxylamine groups is 8. The van der Waals surface area contributed by atoms with Crippen LogP contribution in [0.5, 0.6) is 0 Å². The van der Waals surface area contributed by atoms with Crippen LogP contribution in [0, 0.1) is 0 Å². The van der Waals surface area contributed by atoms with E-state index in [0.717, 1.165) is 81.4 Å². The van der Waals surface area contributed by atoms with Crippen molar-refractivity contribution in [3.05, 3.63) is 0 Å². The molecule has 0 aromatic heterocycles. The molecule has 0 aromatic rings. The third kappa shape index (κ3) is 38.1. The van der Waals surface area contributed by atoms with Crippen molar-refractivity contribution in [3.63, 3.8) is 0 Å². The van der Waals surface area contributed by atoms with E-state index in [1.165, 1.54) is 0 Å². The number of carboxylic acids is 4. The summed E-state index contributed by atoms with van der Waals surface area (Å²) in [6.45, 7) is 52.4. The van der Waals surface area contributed by atoms with Crippen molar-refractivity contribution >= 4 is 47.5 Å². The molecule has 0 unspecified atom stereocenters. The Morgan fingerprint density at radius 2 is 0.460 bits per heavy atom. The Hall–Kier alpha value is -4.80. The molecule has 4 aliphatic rings. The van der Waals surface area contributed by atoms with Crippen LogP contribution < -0.4 is 61.9 Å². The number of rotatable bonds is 27. The van der Waals surface area contributed by atoms with Gasteiger partial charge < -0.3 is 81.3 Å². The quantitative estimate of drug-likeness (QED) is 0.0365. The van der Waals surface area contributed by atoms with E-state index in [4.69, 9.17) is 19.4 Å². The molecular formula is C70H136N10O20. The molecule has 4 rings (SSSR count). The summed E-state index contributed by atoms with van der Waals surface area (Å²) in [7, 11) is 0. The third-order valence-electron chi connectivity index (χ3n) is 17.0. The van der Waals surface area contributed by atoms with Crippen LogP contribution in [0.15, 0.2) is 0 Å². The Morgan fingerprint density at radius 1 is 0.330 bits per heavy atom. The molecule has 4 fully saturated rings. The first-order valence-electron chi connectivity index (χ1n) is 34.8. The van der Waals surface area contributed by atoms with Gasteiger partial charge in [0.05, 0.1) is 46.3 Å². The van der Waals surface area contributed by atoms with Gasteiger partial charge in [0, 0.05) is 142 Å². The number of hydrogen-bond donors (Lipinski definition) is 12. The molecular weight excluding hydrogens is 1300 g/mol. The zero-order valence-corrected chi connectivity index (χ0v) is 66.3. The van der Waals surface area contributed by atoms with Gasteiger partial charge in [-0.2, -0.15) is 20.3 Å². The fraction of sp³-hybridized carbons (Fsp3) is 0.886. The predicted octanol–water partition coefficient (Wildman–Crippen LogP) is -5.69. The molecule has 0 saturated carbocycles. The van der Waals surface area contributed by atoms with E-state index in [1.807, 2.05) is 0 Å². The lowest BCUT2D eigenvalue weighted by atomic mass is 9.79. The molecule has 0 radical (unpaired) electrons. The van der Waals surface area contributed by atoms with Gasteiger partial charge >= 0.3 is 0 Å². The monoisotopic (exact) mass is 1440 g/mol. The first-order chi connectivity index (χ1) is 44.5. The summed E-state index contributed by atoms with van der Waals surface area (Å²) in [6, 6.07) is 0.693. The first-order valence-corrected chi connectivity index (χ1v) is 34.8. The number of nitrogens with one attached hydrogen (secondary N) is 8. The maximum atomic E-state index is 11.3. The topological polar surface area (TPSA) is 419 Å². The molecule has 4 amide bonds. The van der Waals surface area contributed by atoms with Crippen LogP contribution in [-0.2, 0) is 57.7 Å². The molecule has 12 N–H and O–H groups in total. The number of carboxylic acid groups (broad SMARTS) is 4. The summed E-state index contributed by atoms with van der Waals surface area (Å²) in [5, 5.41) is 97.3. The molecule has 30 heteroatoms. The van der Waals surface area contributed by atoms with E-state index in [0.29, 0.717) is 26.4 Å². The highest BCUT2D eigenvalue weighted by atomic mass is 16.7. The number of quaternary nitrogens is 4. The molecule has 586 valence electrons. The number of aliphatic carboxylic acids is 4. The fourth-order valence-corrected chi connectivity index (χ4v) is 15.2. The van der Waals surface area contributed by atoms with Gasteiger partial charge in [-0.05, 0) is 166 Å². The number of carbonyl (C=O) groups excluding carboxylic acids is 8. The number of aliphatic hydroxyl groups is 4. The number of nitrogens with zero attached hydrogens (tertiary/aromatic N) is 2. The van der Waals surface area contributed by atoms with Gasteiger partial charge in [0.15, 0.2) is 0 Å². The van der Waals surface area contributed by atoms with Gasteiger partial charge in [0.25, 0.3) is 0 Å². The summed E-state index contributed by atoms with van der Waals surface area (Å²) >= 11 is 0. The van der Waals surface area contributed by atoms with Crippen molar-refractivity contribution in [1.82, 2.24) is 31.1 Å². The molecule has 0 atom stereocenters. The molecule has 0 bridgehead atoms. The van der Waals surface area contributed by atoms with E-state index in [-0.39, 0.29) is 105 Å². The van der Waals surface area contributed by atoms with Crippen molar-refractivity contribution in [2.45, 2.75) is 336 Å². The first kappa shape index (κ1) is 95.2. The molecule has 4 saturated heterocycles. The maximum Gasteiger partial charge on any atom is 0.217 e. The second-order valence-corrected chi connectivity index (χ2v) is 35.9. The average molecular weight is 1440 g/mol. The minimum Gasteiger partial charge on any atom is -0.549 e. The van der Waals surface area contributed by atoms with Crippen LogP contribution in [0.3, 0.4) is 0 Å². The summed E-state index contributed by atoms with van der Waals surface area (Å²) in [5.41, 5.74) is -4.36. The highest BCUT2D eigenvalue weighted by Gasteiger charge is 2.55. The smallest absolute Gasteiger partial charge is 0.217 e. The maximum absolute atomic E-state index is 11.3. The number of hydrogen-bond acceptors (Lipinski definition) is 22. The highest BCUT2D eigenvalue weighted by Crippen LogP contribution is 2.28. The Balaban J connectivity index is 0.00000123. The standard InChI is InChI=1S/4C15H30N2O3.C10H16N2O8/c4*1-11(18)16-12-8-13(2,3)17(14(4,5)9-12)20-10-15(6,7)19;13-7(14)3-11(4-8(15)16)1-2-12(5-9(17)18)6-10(19)20/h4*12,19H,8-10H2,1-7H3,(H,16,18);1-6H2,(H,13,14)(H,15,16)(H,17,18)(H,19,20). The van der Waals surface area contributed by atoms with Crippen molar-refractivity contribution in [2.75, 3.05) is 65.7 Å². The SMILES string of the molecule is CC(=O)NC1CC(C)(C)[NH+](OCC(C)(C)O)C(C)(C)C1.CC(=O)NC1CC(C)(C)[NH+](OCC(C)(C)O)C(C)(C)C1.CC(=O)NC1CC(C)(C)[NH+](OCC(C)(C)O)C(C)(C)C1.CC(=O)NC1CC(C)(C)[NH+](OCC(C)(C)O)C(C)(C)C1.O=C([O-])CN(CCN(CC(=O)[O-])CC(=O)[O-])CC(=O)[O-]. The summed E-state index contributed by atoms with van der Waals surface area (Å²) in [6.07, 6.45) is 6.87. The predicted molar refractivity (Wildman–Crippen MR) is 366 cm³/mol. The Labute approximate surface area is 597 Å². The highest BCUT2D eigenvalue weighted by molar-refractivity contribution is 5.74. The summed E-state index contributed by atoms with van der Waals surface area (Å²) in [5.74, 6) is -6.06. The Kier molecular flexibility index (Phi) is 36.0. The summed E-state index contributed by atoms with van der Waals surface area (Å²) in [4.78, 5) is 113. The molecule has 100 heavy (non-hydrogen) atoms. The van der Waals surface area contributed by atoms with Gasteiger partial charge in [0.2, 0.25) is 23.6 Å². The fourth-order valence-electron chi connectivity index (χ4n) is 15.2. The minimum atomic E-state index is -1.53. The normalized spacial score (nSPS) is 25.3. The van der Waals surface area contributed by atoms with Crippen molar-refractivity contribution < 1.29 is 119 Å². The van der Waals surface area contributed by atoms with E-state index >= 15 is 0 Å². The Bertz CT molecular complexity index is 2220. The lowest BCUT2D eigenvalue weighted by Crippen LogP contribution is -3.26. The minimum absolute atomic E-state index is 0.0162. The van der Waals surface area contributed by atoms with Crippen LogP contribution in [-0.4, -0.2) is 234 Å². The molecule has 0 aromatic carbocycles. The van der Waals surface area contributed by atoms with Gasteiger partial charge in [-0.1, -0.05) is 0 Å².